The molecule has 0 aromatic heterocycles. The zero-order valence-electron chi connectivity index (χ0n) is 13.1. The smallest absolute Gasteiger partial charge is 0.319 e. The van der Waals surface area contributed by atoms with Crippen LogP contribution in [-0.4, -0.2) is 38.2 Å². The summed E-state index contributed by atoms with van der Waals surface area (Å²) in [6, 6.07) is 5.35. The van der Waals surface area contributed by atoms with Gasteiger partial charge in [-0.25, -0.2) is 4.79 Å². The summed E-state index contributed by atoms with van der Waals surface area (Å²) >= 11 is 0. The SMILES string of the molecule is COCCCNC(=O)Nc1cc(C(=O)NC2CC2)ccc1C. The lowest BCUT2D eigenvalue weighted by atomic mass is 10.1. The molecule has 1 aromatic carbocycles. The van der Waals surface area contributed by atoms with Crippen LogP contribution in [0, 0.1) is 6.92 Å². The maximum absolute atomic E-state index is 12.0. The molecule has 0 bridgehead atoms. The molecule has 0 saturated heterocycles. The van der Waals surface area contributed by atoms with Crippen LogP contribution in [0.15, 0.2) is 18.2 Å². The summed E-state index contributed by atoms with van der Waals surface area (Å²) in [6.45, 7) is 3.04. The normalized spacial score (nSPS) is 13.5. The second-order valence-electron chi connectivity index (χ2n) is 5.50. The maximum Gasteiger partial charge on any atom is 0.319 e. The van der Waals surface area contributed by atoms with Crippen molar-refractivity contribution in [3.05, 3.63) is 29.3 Å². The third-order valence-corrected chi connectivity index (χ3v) is 3.47. The number of methoxy groups -OCH3 is 1. The molecule has 3 N–H and O–H groups in total. The standard InChI is InChI=1S/C16H23N3O3/c1-11-4-5-12(15(20)18-13-6-7-13)10-14(11)19-16(21)17-8-3-9-22-2/h4-5,10,13H,3,6-9H2,1-2H3,(H,18,20)(H2,17,19,21). The second kappa shape index (κ2) is 7.79. The van der Waals surface area contributed by atoms with Crippen molar-refractivity contribution in [3.63, 3.8) is 0 Å². The van der Waals surface area contributed by atoms with Gasteiger partial charge >= 0.3 is 6.03 Å². The quantitative estimate of drug-likeness (QED) is 0.675. The molecule has 0 unspecified atom stereocenters. The van der Waals surface area contributed by atoms with Crippen molar-refractivity contribution in [3.8, 4) is 0 Å². The first-order valence-electron chi connectivity index (χ1n) is 7.55. The van der Waals surface area contributed by atoms with E-state index in [0.717, 1.165) is 24.8 Å². The van der Waals surface area contributed by atoms with Crippen LogP contribution in [0.1, 0.15) is 35.2 Å². The van der Waals surface area contributed by atoms with E-state index in [-0.39, 0.29) is 11.9 Å². The largest absolute Gasteiger partial charge is 0.385 e. The third kappa shape index (κ3) is 5.04. The van der Waals surface area contributed by atoms with Gasteiger partial charge in [-0.15, -0.1) is 0 Å². The predicted octanol–water partition coefficient (Wildman–Crippen LogP) is 2.05. The number of rotatable bonds is 7. The first kappa shape index (κ1) is 16.3. The van der Waals surface area contributed by atoms with Gasteiger partial charge < -0.3 is 20.7 Å². The Balaban J connectivity index is 1.91. The summed E-state index contributed by atoms with van der Waals surface area (Å²) < 4.78 is 4.92. The highest BCUT2D eigenvalue weighted by atomic mass is 16.5. The van der Waals surface area contributed by atoms with E-state index in [9.17, 15) is 9.59 Å². The van der Waals surface area contributed by atoms with E-state index in [1.54, 1.807) is 19.2 Å². The minimum absolute atomic E-state index is 0.0916. The molecule has 1 aromatic rings. The maximum atomic E-state index is 12.0. The summed E-state index contributed by atoms with van der Waals surface area (Å²) in [7, 11) is 1.63. The van der Waals surface area contributed by atoms with Gasteiger partial charge in [0, 0.05) is 37.6 Å². The van der Waals surface area contributed by atoms with Crippen molar-refractivity contribution >= 4 is 17.6 Å². The van der Waals surface area contributed by atoms with Gasteiger partial charge in [0.2, 0.25) is 0 Å². The van der Waals surface area contributed by atoms with E-state index in [1.807, 2.05) is 13.0 Å². The van der Waals surface area contributed by atoms with E-state index >= 15 is 0 Å². The van der Waals surface area contributed by atoms with Crippen molar-refractivity contribution in [2.45, 2.75) is 32.2 Å². The van der Waals surface area contributed by atoms with E-state index in [1.165, 1.54) is 0 Å². The molecule has 1 fully saturated rings. The summed E-state index contributed by atoms with van der Waals surface area (Å²) in [5.41, 5.74) is 2.12. The Hall–Kier alpha value is -2.08. The highest BCUT2D eigenvalue weighted by molar-refractivity contribution is 5.97. The predicted molar refractivity (Wildman–Crippen MR) is 85.2 cm³/mol. The number of carbonyl (C=O) groups excluding carboxylic acids is 2. The molecule has 6 heteroatoms. The van der Waals surface area contributed by atoms with Gasteiger partial charge in [0.15, 0.2) is 0 Å². The van der Waals surface area contributed by atoms with Gasteiger partial charge in [-0.05, 0) is 43.9 Å². The Kier molecular flexibility index (Phi) is 5.77. The van der Waals surface area contributed by atoms with Crippen LogP contribution in [0.3, 0.4) is 0 Å². The van der Waals surface area contributed by atoms with E-state index in [2.05, 4.69) is 16.0 Å². The summed E-state index contributed by atoms with van der Waals surface area (Å²) in [5, 5.41) is 8.47. The highest BCUT2D eigenvalue weighted by Gasteiger charge is 2.24. The Morgan fingerprint density at radius 1 is 1.32 bits per heavy atom. The number of urea groups is 1. The van der Waals surface area contributed by atoms with Crippen LogP contribution in [0.2, 0.25) is 0 Å². The number of ether oxygens (including phenoxy) is 1. The van der Waals surface area contributed by atoms with Crippen LogP contribution >= 0.6 is 0 Å². The molecular weight excluding hydrogens is 282 g/mol. The van der Waals surface area contributed by atoms with Gasteiger partial charge in [-0.3, -0.25) is 4.79 Å². The zero-order valence-corrected chi connectivity index (χ0v) is 13.1. The third-order valence-electron chi connectivity index (χ3n) is 3.47. The first-order valence-corrected chi connectivity index (χ1v) is 7.55. The fourth-order valence-corrected chi connectivity index (χ4v) is 1.98. The van der Waals surface area contributed by atoms with Crippen LogP contribution in [0.25, 0.3) is 0 Å². The molecule has 0 atom stereocenters. The van der Waals surface area contributed by atoms with Gasteiger partial charge in [-0.2, -0.15) is 0 Å². The summed E-state index contributed by atoms with van der Waals surface area (Å²) in [6.07, 6.45) is 2.85. The molecule has 0 radical (unpaired) electrons. The van der Waals surface area contributed by atoms with Gasteiger partial charge in [0.1, 0.15) is 0 Å². The summed E-state index contributed by atoms with van der Waals surface area (Å²) in [4.78, 5) is 23.9. The minimum Gasteiger partial charge on any atom is -0.385 e. The number of amides is 3. The molecule has 3 amide bonds. The molecule has 6 nitrogen and oxygen atoms in total. The fraction of sp³-hybridized carbons (Fsp3) is 0.500. The van der Waals surface area contributed by atoms with Crippen LogP contribution < -0.4 is 16.0 Å². The Bertz CT molecular complexity index is 541. The molecule has 1 saturated carbocycles. The Morgan fingerprint density at radius 3 is 2.77 bits per heavy atom. The molecule has 0 spiro atoms. The van der Waals surface area contributed by atoms with Crippen LogP contribution in [0.4, 0.5) is 10.5 Å². The molecule has 22 heavy (non-hydrogen) atoms. The molecule has 120 valence electrons. The average molecular weight is 305 g/mol. The number of hydrogen-bond acceptors (Lipinski definition) is 3. The molecular formula is C16H23N3O3. The number of hydrogen-bond donors (Lipinski definition) is 3. The fourth-order valence-electron chi connectivity index (χ4n) is 1.98. The Labute approximate surface area is 130 Å². The van der Waals surface area contributed by atoms with Crippen LogP contribution in [-0.2, 0) is 4.74 Å². The molecule has 0 aliphatic heterocycles. The molecule has 2 rings (SSSR count). The molecule has 1 aliphatic rings. The summed E-state index contributed by atoms with van der Waals surface area (Å²) in [5.74, 6) is -0.0916. The van der Waals surface area contributed by atoms with Crippen molar-refractivity contribution in [1.82, 2.24) is 10.6 Å². The number of nitrogens with one attached hydrogen (secondary N) is 3. The lowest BCUT2D eigenvalue weighted by Crippen LogP contribution is -2.30. The van der Waals surface area contributed by atoms with Crippen molar-refractivity contribution < 1.29 is 14.3 Å². The topological polar surface area (TPSA) is 79.5 Å². The number of benzene rings is 1. The number of anilines is 1. The van der Waals surface area contributed by atoms with E-state index in [0.29, 0.717) is 30.4 Å². The average Bonchev–Trinajstić information content (AvgIpc) is 3.30. The van der Waals surface area contributed by atoms with E-state index in [4.69, 9.17) is 4.74 Å². The minimum atomic E-state index is -0.279. The molecule has 1 aliphatic carbocycles. The molecule has 0 heterocycles. The van der Waals surface area contributed by atoms with Crippen LogP contribution in [0.5, 0.6) is 0 Å². The zero-order chi connectivity index (χ0) is 15.9. The second-order valence-corrected chi connectivity index (χ2v) is 5.50. The number of aryl methyl sites for hydroxylation is 1. The monoisotopic (exact) mass is 305 g/mol. The van der Waals surface area contributed by atoms with Gasteiger partial charge in [-0.1, -0.05) is 6.07 Å². The lowest BCUT2D eigenvalue weighted by Gasteiger charge is -2.12. The van der Waals surface area contributed by atoms with Gasteiger partial charge in [0.25, 0.3) is 5.91 Å². The van der Waals surface area contributed by atoms with Gasteiger partial charge in [0.05, 0.1) is 0 Å². The van der Waals surface area contributed by atoms with Crippen molar-refractivity contribution in [2.24, 2.45) is 0 Å². The van der Waals surface area contributed by atoms with E-state index < -0.39 is 0 Å². The highest BCUT2D eigenvalue weighted by Crippen LogP contribution is 2.21. The first-order chi connectivity index (χ1) is 10.6. The number of carbonyl (C=O) groups is 2. The lowest BCUT2D eigenvalue weighted by molar-refractivity contribution is 0.0951. The Morgan fingerprint density at radius 2 is 2.09 bits per heavy atom. The van der Waals surface area contributed by atoms with Crippen molar-refractivity contribution in [2.75, 3.05) is 25.6 Å². The van der Waals surface area contributed by atoms with Crippen molar-refractivity contribution in [1.29, 1.82) is 0 Å².